The third-order valence-corrected chi connectivity index (χ3v) is 1.19. The van der Waals surface area contributed by atoms with Crippen molar-refractivity contribution in [1.29, 1.82) is 0 Å². The van der Waals surface area contributed by atoms with Crippen LogP contribution in [0.3, 0.4) is 0 Å². The number of benzene rings is 1. The molecule has 1 nitrogen and oxygen atoms in total. The van der Waals surface area contributed by atoms with Crippen molar-refractivity contribution in [1.82, 2.24) is 0 Å². The summed E-state index contributed by atoms with van der Waals surface area (Å²) in [4.78, 5) is 0.944. The van der Waals surface area contributed by atoms with Crippen LogP contribution in [0.2, 0.25) is 0 Å². The van der Waals surface area contributed by atoms with Crippen molar-refractivity contribution in [3.63, 3.8) is 0 Å². The average molecular weight is 148 g/mol. The summed E-state index contributed by atoms with van der Waals surface area (Å²) >= 11 is 4.08. The minimum atomic E-state index is 0. The minimum absolute atomic E-state index is 0. The van der Waals surface area contributed by atoms with Gasteiger partial charge in [0.05, 0.1) is 0 Å². The molecule has 0 aliphatic rings. The second kappa shape index (κ2) is 4.23. The van der Waals surface area contributed by atoms with Crippen molar-refractivity contribution in [2.24, 2.45) is 0 Å². The number of rotatable bonds is 0. The van der Waals surface area contributed by atoms with Crippen LogP contribution >= 0.6 is 12.6 Å². The summed E-state index contributed by atoms with van der Waals surface area (Å²) in [5, 5.41) is 0. The van der Waals surface area contributed by atoms with Crippen LogP contribution in [0.4, 0.5) is 5.69 Å². The standard InChI is InChI=1S/C6H7NS.Na/c7-5-1-3-6(8)4-2-5;/h1-4,8H,7H2;. The monoisotopic (exact) mass is 148 g/mol. The molecule has 0 atom stereocenters. The Bertz CT molecular complexity index is 152. The van der Waals surface area contributed by atoms with E-state index in [1.165, 1.54) is 0 Å². The molecule has 1 rings (SSSR count). The van der Waals surface area contributed by atoms with Gasteiger partial charge in [0.15, 0.2) is 0 Å². The summed E-state index contributed by atoms with van der Waals surface area (Å²) in [6.45, 7) is 0. The number of nitrogen functional groups attached to an aromatic ring is 1. The summed E-state index contributed by atoms with van der Waals surface area (Å²) < 4.78 is 0. The van der Waals surface area contributed by atoms with Crippen molar-refractivity contribution in [3.05, 3.63) is 24.3 Å². The Balaban J connectivity index is 0.000000640. The number of anilines is 1. The van der Waals surface area contributed by atoms with E-state index in [0.29, 0.717) is 0 Å². The molecule has 0 bridgehead atoms. The zero-order valence-corrected chi connectivity index (χ0v) is 8.23. The minimum Gasteiger partial charge on any atom is -0.399 e. The molecule has 43 valence electrons. The van der Waals surface area contributed by atoms with Crippen LogP contribution in [-0.2, 0) is 0 Å². The van der Waals surface area contributed by atoms with E-state index in [2.05, 4.69) is 12.6 Å². The second-order valence-electron chi connectivity index (χ2n) is 1.59. The fraction of sp³-hybridized carbons (Fsp3) is 0. The van der Waals surface area contributed by atoms with Gasteiger partial charge in [0, 0.05) is 40.1 Å². The molecule has 0 saturated carbocycles. The largest absolute Gasteiger partial charge is 0.399 e. The van der Waals surface area contributed by atoms with E-state index in [4.69, 9.17) is 5.73 Å². The quantitative estimate of drug-likeness (QED) is 0.322. The van der Waals surface area contributed by atoms with Crippen molar-refractivity contribution >= 4 is 47.9 Å². The zero-order valence-electron chi connectivity index (χ0n) is 5.33. The van der Waals surface area contributed by atoms with Gasteiger partial charge < -0.3 is 5.73 Å². The maximum absolute atomic E-state index is 5.39. The van der Waals surface area contributed by atoms with E-state index in [0.717, 1.165) is 10.6 Å². The van der Waals surface area contributed by atoms with E-state index in [1.807, 2.05) is 24.3 Å². The molecule has 3 heteroatoms. The van der Waals surface area contributed by atoms with Crippen molar-refractivity contribution in [3.8, 4) is 0 Å². The van der Waals surface area contributed by atoms with Crippen LogP contribution in [0.15, 0.2) is 29.2 Å². The van der Waals surface area contributed by atoms with E-state index in [9.17, 15) is 0 Å². The summed E-state index contributed by atoms with van der Waals surface area (Å²) in [5.41, 5.74) is 6.17. The molecule has 0 saturated heterocycles. The number of nitrogens with two attached hydrogens (primary N) is 1. The summed E-state index contributed by atoms with van der Waals surface area (Å²) in [7, 11) is 0. The smallest absolute Gasteiger partial charge is 0.0314 e. The van der Waals surface area contributed by atoms with Crippen LogP contribution in [0.25, 0.3) is 0 Å². The molecular formula is C6H7NNaS. The molecule has 0 fully saturated rings. The Morgan fingerprint density at radius 2 is 1.56 bits per heavy atom. The molecular weight excluding hydrogens is 141 g/mol. The fourth-order valence-electron chi connectivity index (χ4n) is 0.474. The third kappa shape index (κ3) is 3.16. The van der Waals surface area contributed by atoms with Crippen molar-refractivity contribution in [2.75, 3.05) is 5.73 Å². The second-order valence-corrected chi connectivity index (χ2v) is 2.11. The Morgan fingerprint density at radius 1 is 1.11 bits per heavy atom. The molecule has 1 aromatic rings. The molecule has 0 aliphatic heterocycles. The molecule has 0 aliphatic carbocycles. The summed E-state index contributed by atoms with van der Waals surface area (Å²) in [6, 6.07) is 7.36. The fourth-order valence-corrected chi connectivity index (χ4v) is 0.623. The first kappa shape index (κ1) is 9.37. The van der Waals surface area contributed by atoms with Gasteiger partial charge in [-0.15, -0.1) is 12.6 Å². The Labute approximate surface area is 82.3 Å². The van der Waals surface area contributed by atoms with Gasteiger partial charge >= 0.3 is 0 Å². The predicted octanol–water partition coefficient (Wildman–Crippen LogP) is 1.18. The third-order valence-electron chi connectivity index (χ3n) is 0.893. The Morgan fingerprint density at radius 3 is 1.89 bits per heavy atom. The van der Waals surface area contributed by atoms with Gasteiger partial charge in [0.2, 0.25) is 0 Å². The van der Waals surface area contributed by atoms with Gasteiger partial charge in [-0.05, 0) is 24.3 Å². The molecule has 0 heterocycles. The van der Waals surface area contributed by atoms with E-state index < -0.39 is 0 Å². The number of hydrogen-bond donors (Lipinski definition) is 2. The van der Waals surface area contributed by atoms with Crippen LogP contribution in [-0.4, -0.2) is 29.6 Å². The molecule has 1 radical (unpaired) electrons. The van der Waals surface area contributed by atoms with E-state index >= 15 is 0 Å². The SMILES string of the molecule is Nc1ccc(S)cc1.[Na]. The van der Waals surface area contributed by atoms with Gasteiger partial charge in [-0.25, -0.2) is 0 Å². The average Bonchev–Trinajstić information content (AvgIpc) is 1.77. The van der Waals surface area contributed by atoms with Gasteiger partial charge in [-0.3, -0.25) is 0 Å². The topological polar surface area (TPSA) is 26.0 Å². The number of hydrogen-bond acceptors (Lipinski definition) is 2. The van der Waals surface area contributed by atoms with E-state index in [1.54, 1.807) is 0 Å². The maximum atomic E-state index is 5.39. The van der Waals surface area contributed by atoms with Gasteiger partial charge in [0.25, 0.3) is 0 Å². The maximum Gasteiger partial charge on any atom is 0.0314 e. The predicted molar refractivity (Wildman–Crippen MR) is 43.9 cm³/mol. The van der Waals surface area contributed by atoms with Gasteiger partial charge in [-0.2, -0.15) is 0 Å². The number of thiol groups is 1. The van der Waals surface area contributed by atoms with Gasteiger partial charge in [-0.1, -0.05) is 0 Å². The van der Waals surface area contributed by atoms with Crippen LogP contribution < -0.4 is 5.73 Å². The zero-order chi connectivity index (χ0) is 5.98. The van der Waals surface area contributed by atoms with Gasteiger partial charge in [0.1, 0.15) is 0 Å². The molecule has 0 aromatic heterocycles. The molecule has 1 aromatic carbocycles. The molecule has 0 amide bonds. The van der Waals surface area contributed by atoms with Crippen molar-refractivity contribution < 1.29 is 0 Å². The first-order valence-corrected chi connectivity index (χ1v) is 2.78. The molecule has 2 N–H and O–H groups in total. The van der Waals surface area contributed by atoms with Crippen LogP contribution in [0, 0.1) is 0 Å². The Hall–Kier alpha value is 0.370. The normalized spacial score (nSPS) is 8.11. The summed E-state index contributed by atoms with van der Waals surface area (Å²) in [5.74, 6) is 0. The van der Waals surface area contributed by atoms with Crippen molar-refractivity contribution in [2.45, 2.75) is 4.90 Å². The first-order chi connectivity index (χ1) is 3.79. The molecule has 9 heavy (non-hydrogen) atoms. The first-order valence-electron chi connectivity index (χ1n) is 2.33. The van der Waals surface area contributed by atoms with Crippen LogP contribution in [0.5, 0.6) is 0 Å². The summed E-state index contributed by atoms with van der Waals surface area (Å²) in [6.07, 6.45) is 0. The molecule has 0 unspecified atom stereocenters. The molecule has 0 spiro atoms. The van der Waals surface area contributed by atoms with E-state index in [-0.39, 0.29) is 29.6 Å². The Kier molecular flexibility index (Phi) is 4.40. The van der Waals surface area contributed by atoms with Crippen LogP contribution in [0.1, 0.15) is 0 Å².